The number of anilines is 1. The fourth-order valence-corrected chi connectivity index (χ4v) is 4.66. The number of nitrogen functional groups attached to an aromatic ring is 1. The minimum absolute atomic E-state index is 0.0127. The maximum absolute atomic E-state index is 14.4. The summed E-state index contributed by atoms with van der Waals surface area (Å²) in [4.78, 5) is 16.9. The van der Waals surface area contributed by atoms with Crippen molar-refractivity contribution in [3.05, 3.63) is 78.3 Å². The number of H-pyrrole nitrogens is 1. The predicted octanol–water partition coefficient (Wildman–Crippen LogP) is 4.81. The lowest BCUT2D eigenvalue weighted by molar-refractivity contribution is -0.121. The molecule has 0 bridgehead atoms. The zero-order valence-electron chi connectivity index (χ0n) is 20.9. The second kappa shape index (κ2) is 10.1. The molecule has 0 amide bonds. The Kier molecular flexibility index (Phi) is 6.68. The van der Waals surface area contributed by atoms with Crippen LogP contribution in [0.3, 0.4) is 0 Å². The standard InChI is InChI=1S/C27H28FN7O2/c1-4-8-27(37-16-36-3,19-6-5-7-20(28)10-19)24-11-23(33-26(29)34-24)22-14-31-25-21(22)9-17(12-30-25)18-13-32-35(2)15-18/h5-7,9-15H,4,8,16H2,1-3H3,(H,30,31)(H2,29,33,34). The molecule has 0 radical (unpaired) electrons. The second-order valence-electron chi connectivity index (χ2n) is 8.86. The lowest BCUT2D eigenvalue weighted by atomic mass is 9.85. The van der Waals surface area contributed by atoms with E-state index in [2.05, 4.69) is 25.0 Å². The largest absolute Gasteiger partial charge is 0.368 e. The fourth-order valence-electron chi connectivity index (χ4n) is 4.66. The van der Waals surface area contributed by atoms with Crippen molar-refractivity contribution in [2.75, 3.05) is 19.6 Å². The van der Waals surface area contributed by atoms with Crippen molar-refractivity contribution in [2.24, 2.45) is 7.05 Å². The highest BCUT2D eigenvalue weighted by molar-refractivity contribution is 5.95. The van der Waals surface area contributed by atoms with Crippen LogP contribution >= 0.6 is 0 Å². The van der Waals surface area contributed by atoms with Crippen molar-refractivity contribution < 1.29 is 13.9 Å². The van der Waals surface area contributed by atoms with Gasteiger partial charge in [0.1, 0.15) is 23.9 Å². The highest BCUT2D eigenvalue weighted by atomic mass is 19.1. The van der Waals surface area contributed by atoms with E-state index >= 15 is 0 Å². The van der Waals surface area contributed by atoms with Gasteiger partial charge in [-0.15, -0.1) is 0 Å². The fraction of sp³-hybridized carbons (Fsp3) is 0.259. The summed E-state index contributed by atoms with van der Waals surface area (Å²) in [5.41, 5.74) is 10.3. The summed E-state index contributed by atoms with van der Waals surface area (Å²) < 4.78 is 27.6. The zero-order chi connectivity index (χ0) is 26.0. The number of halogens is 1. The van der Waals surface area contributed by atoms with Gasteiger partial charge in [-0.2, -0.15) is 5.10 Å². The van der Waals surface area contributed by atoms with Gasteiger partial charge in [-0.1, -0.05) is 25.5 Å². The Balaban J connectivity index is 1.68. The van der Waals surface area contributed by atoms with Gasteiger partial charge in [-0.3, -0.25) is 4.68 Å². The first-order valence-corrected chi connectivity index (χ1v) is 11.9. The molecule has 0 fully saturated rings. The number of hydrogen-bond acceptors (Lipinski definition) is 7. The van der Waals surface area contributed by atoms with Crippen molar-refractivity contribution in [3.63, 3.8) is 0 Å². The average molecular weight is 502 g/mol. The molecule has 4 heterocycles. The van der Waals surface area contributed by atoms with E-state index in [1.807, 2.05) is 44.6 Å². The molecule has 1 atom stereocenters. The Labute approximate surface area is 213 Å². The van der Waals surface area contributed by atoms with Crippen LogP contribution in [0.15, 0.2) is 61.2 Å². The Bertz CT molecular complexity index is 1550. The van der Waals surface area contributed by atoms with Crippen LogP contribution in [0.1, 0.15) is 31.0 Å². The molecular formula is C27H28FN7O2. The maximum atomic E-state index is 14.4. The number of methoxy groups -OCH3 is 1. The molecule has 0 spiro atoms. The van der Waals surface area contributed by atoms with E-state index in [9.17, 15) is 4.39 Å². The third-order valence-electron chi connectivity index (χ3n) is 6.32. The Hall–Kier alpha value is -4.15. The summed E-state index contributed by atoms with van der Waals surface area (Å²) in [6.07, 6.45) is 8.63. The summed E-state index contributed by atoms with van der Waals surface area (Å²) in [5, 5.41) is 5.13. The second-order valence-corrected chi connectivity index (χ2v) is 8.86. The normalized spacial score (nSPS) is 13.2. The van der Waals surface area contributed by atoms with Crippen molar-refractivity contribution in [1.29, 1.82) is 0 Å². The molecule has 1 unspecified atom stereocenters. The van der Waals surface area contributed by atoms with Crippen LogP contribution in [0, 0.1) is 5.82 Å². The molecule has 0 aliphatic carbocycles. The van der Waals surface area contributed by atoms with Crippen LogP contribution in [-0.4, -0.2) is 43.6 Å². The number of nitrogens with two attached hydrogens (primary N) is 1. The molecule has 9 nitrogen and oxygen atoms in total. The van der Waals surface area contributed by atoms with E-state index in [1.54, 1.807) is 30.3 Å². The van der Waals surface area contributed by atoms with E-state index < -0.39 is 5.60 Å². The first-order chi connectivity index (χ1) is 17.9. The van der Waals surface area contributed by atoms with Crippen LogP contribution in [0.2, 0.25) is 0 Å². The highest BCUT2D eigenvalue weighted by Crippen LogP contribution is 2.40. The van der Waals surface area contributed by atoms with Crippen molar-refractivity contribution >= 4 is 17.0 Å². The lowest BCUT2D eigenvalue weighted by Crippen LogP contribution is -2.34. The Morgan fingerprint density at radius 2 is 2.00 bits per heavy atom. The third-order valence-corrected chi connectivity index (χ3v) is 6.32. The smallest absolute Gasteiger partial charge is 0.220 e. The minimum atomic E-state index is -1.09. The zero-order valence-corrected chi connectivity index (χ0v) is 20.9. The van der Waals surface area contributed by atoms with Crippen LogP contribution in [0.5, 0.6) is 0 Å². The van der Waals surface area contributed by atoms with E-state index in [1.165, 1.54) is 12.1 Å². The molecule has 5 aromatic rings. The number of aromatic nitrogens is 6. The number of nitrogens with one attached hydrogen (secondary N) is 1. The summed E-state index contributed by atoms with van der Waals surface area (Å²) in [6.45, 7) is 2.02. The average Bonchev–Trinajstić information content (AvgIpc) is 3.52. The summed E-state index contributed by atoms with van der Waals surface area (Å²) in [5.74, 6) is -0.289. The number of aryl methyl sites for hydroxylation is 1. The van der Waals surface area contributed by atoms with Gasteiger partial charge in [0.25, 0.3) is 0 Å². The molecule has 0 saturated carbocycles. The number of pyridine rings is 1. The lowest BCUT2D eigenvalue weighted by Gasteiger charge is -2.34. The molecule has 190 valence electrons. The molecule has 0 aliphatic rings. The number of ether oxygens (including phenoxy) is 2. The number of aromatic amines is 1. The predicted molar refractivity (Wildman–Crippen MR) is 139 cm³/mol. The molecule has 37 heavy (non-hydrogen) atoms. The van der Waals surface area contributed by atoms with Crippen molar-refractivity contribution in [3.8, 4) is 22.4 Å². The van der Waals surface area contributed by atoms with Gasteiger partial charge in [0.15, 0.2) is 0 Å². The molecule has 3 N–H and O–H groups in total. The first kappa shape index (κ1) is 24.5. The summed E-state index contributed by atoms with van der Waals surface area (Å²) >= 11 is 0. The number of fused-ring (bicyclic) bond motifs is 1. The quantitative estimate of drug-likeness (QED) is 0.279. The number of hydrogen-bond donors (Lipinski definition) is 2. The van der Waals surface area contributed by atoms with E-state index in [0.717, 1.165) is 28.5 Å². The van der Waals surface area contributed by atoms with E-state index in [4.69, 9.17) is 15.2 Å². The van der Waals surface area contributed by atoms with E-state index in [0.29, 0.717) is 29.0 Å². The molecule has 10 heteroatoms. The van der Waals surface area contributed by atoms with Gasteiger partial charge < -0.3 is 20.2 Å². The number of benzene rings is 1. The van der Waals surface area contributed by atoms with Gasteiger partial charge in [0, 0.05) is 54.8 Å². The maximum Gasteiger partial charge on any atom is 0.220 e. The van der Waals surface area contributed by atoms with Crippen LogP contribution in [0.25, 0.3) is 33.4 Å². The van der Waals surface area contributed by atoms with Gasteiger partial charge in [-0.25, -0.2) is 19.3 Å². The van der Waals surface area contributed by atoms with Crippen molar-refractivity contribution in [1.82, 2.24) is 29.7 Å². The first-order valence-electron chi connectivity index (χ1n) is 11.9. The molecule has 0 saturated heterocycles. The Morgan fingerprint density at radius 1 is 1.14 bits per heavy atom. The highest BCUT2D eigenvalue weighted by Gasteiger charge is 2.37. The minimum Gasteiger partial charge on any atom is -0.368 e. The van der Waals surface area contributed by atoms with Gasteiger partial charge >= 0.3 is 0 Å². The Morgan fingerprint density at radius 3 is 2.73 bits per heavy atom. The van der Waals surface area contributed by atoms with E-state index in [-0.39, 0.29) is 18.6 Å². The number of rotatable bonds is 9. The topological polar surface area (TPSA) is 117 Å². The molecular weight excluding hydrogens is 473 g/mol. The van der Waals surface area contributed by atoms with Crippen LogP contribution in [-0.2, 0) is 22.1 Å². The molecule has 1 aromatic carbocycles. The van der Waals surface area contributed by atoms with Gasteiger partial charge in [0.2, 0.25) is 5.95 Å². The third kappa shape index (κ3) is 4.68. The molecule has 4 aromatic heterocycles. The summed E-state index contributed by atoms with van der Waals surface area (Å²) in [6, 6.07) is 10.2. The monoisotopic (exact) mass is 501 g/mol. The van der Waals surface area contributed by atoms with Gasteiger partial charge in [-0.05, 0) is 36.2 Å². The van der Waals surface area contributed by atoms with Crippen LogP contribution in [0.4, 0.5) is 10.3 Å². The molecule has 5 rings (SSSR count). The number of nitrogens with zero attached hydrogens (tertiary/aromatic N) is 5. The van der Waals surface area contributed by atoms with Crippen LogP contribution < -0.4 is 5.73 Å². The SMILES string of the molecule is CCCC(OCOC)(c1cccc(F)c1)c1cc(-c2c[nH]c3ncc(-c4cnn(C)c4)cc23)nc(N)n1. The van der Waals surface area contributed by atoms with Crippen molar-refractivity contribution in [2.45, 2.75) is 25.4 Å². The molecule has 0 aliphatic heterocycles. The van der Waals surface area contributed by atoms with Gasteiger partial charge in [0.05, 0.1) is 17.6 Å². The summed E-state index contributed by atoms with van der Waals surface area (Å²) in [7, 11) is 3.41.